The molecule has 7 nitrogen and oxygen atoms in total. The molecule has 0 fully saturated rings. The maximum atomic E-state index is 5.71. The smallest absolute Gasteiger partial charge is 0.230 e. The number of methoxy groups -OCH3 is 1. The zero-order valence-corrected chi connectivity index (χ0v) is 13.0. The fraction of sp³-hybridized carbons (Fsp3) is 0.727. The molecule has 0 aromatic carbocycles. The Hall–Kier alpha value is -0.730. The molecule has 0 spiro atoms. The summed E-state index contributed by atoms with van der Waals surface area (Å²) in [5.41, 5.74) is 0. The number of likely N-dealkylation sites (N-methyl/N-ethyl adjacent to an activating group) is 1. The number of nitrogens with zero attached hydrogens (tertiary/aromatic N) is 4. The highest BCUT2D eigenvalue weighted by molar-refractivity contribution is 6.31. The van der Waals surface area contributed by atoms with Crippen LogP contribution in [0.4, 0.5) is 5.95 Å². The zero-order chi connectivity index (χ0) is 14.8. The van der Waals surface area contributed by atoms with Gasteiger partial charge in [-0.3, -0.25) is 0 Å². The van der Waals surface area contributed by atoms with E-state index in [-0.39, 0.29) is 10.6 Å². The van der Waals surface area contributed by atoms with Crippen LogP contribution in [-0.4, -0.2) is 68.7 Å². The summed E-state index contributed by atoms with van der Waals surface area (Å²) in [5.74, 6) is 0.412. The van der Waals surface area contributed by atoms with Crippen LogP contribution in [-0.2, 0) is 14.2 Å². The third kappa shape index (κ3) is 7.16. The largest absolute Gasteiger partial charge is 0.382 e. The zero-order valence-electron chi connectivity index (χ0n) is 11.5. The van der Waals surface area contributed by atoms with Crippen LogP contribution >= 0.6 is 23.2 Å². The average Bonchev–Trinajstić information content (AvgIpc) is 2.40. The van der Waals surface area contributed by atoms with E-state index < -0.39 is 0 Å². The number of aromatic nitrogens is 3. The van der Waals surface area contributed by atoms with Crippen molar-refractivity contribution in [1.82, 2.24) is 15.0 Å². The Kier molecular flexibility index (Phi) is 8.72. The number of rotatable bonds is 10. The van der Waals surface area contributed by atoms with E-state index in [4.69, 9.17) is 37.4 Å². The van der Waals surface area contributed by atoms with E-state index in [1.165, 1.54) is 0 Å². The summed E-state index contributed by atoms with van der Waals surface area (Å²) >= 11 is 11.4. The van der Waals surface area contributed by atoms with Gasteiger partial charge in [-0.1, -0.05) is 0 Å². The van der Waals surface area contributed by atoms with Crippen LogP contribution in [0.2, 0.25) is 10.6 Å². The Morgan fingerprint density at radius 2 is 1.45 bits per heavy atom. The van der Waals surface area contributed by atoms with E-state index in [0.29, 0.717) is 45.5 Å². The van der Waals surface area contributed by atoms with Gasteiger partial charge in [-0.2, -0.15) is 15.0 Å². The average molecular weight is 325 g/mol. The van der Waals surface area contributed by atoms with Crippen LogP contribution < -0.4 is 4.90 Å². The van der Waals surface area contributed by atoms with Gasteiger partial charge >= 0.3 is 0 Å². The quantitative estimate of drug-likeness (QED) is 0.600. The molecule has 0 radical (unpaired) electrons. The molecule has 1 aromatic rings. The SMILES string of the molecule is COCCOCCOCCN(C)c1nc(Cl)nc(Cl)n1. The molecule has 0 saturated heterocycles. The van der Waals surface area contributed by atoms with E-state index in [1.54, 1.807) is 12.0 Å². The summed E-state index contributed by atoms with van der Waals surface area (Å²) in [7, 11) is 3.45. The van der Waals surface area contributed by atoms with Crippen LogP contribution in [0.15, 0.2) is 0 Å². The minimum absolute atomic E-state index is 0.0688. The molecule has 0 saturated carbocycles. The first-order valence-corrected chi connectivity index (χ1v) is 6.81. The molecule has 0 unspecified atom stereocenters. The van der Waals surface area contributed by atoms with Gasteiger partial charge in [0.25, 0.3) is 0 Å². The lowest BCUT2D eigenvalue weighted by atomic mass is 10.6. The molecule has 0 N–H and O–H groups in total. The first kappa shape index (κ1) is 17.3. The molecule has 114 valence electrons. The number of anilines is 1. The van der Waals surface area contributed by atoms with Crippen LogP contribution in [0, 0.1) is 0 Å². The van der Waals surface area contributed by atoms with E-state index in [1.807, 2.05) is 7.05 Å². The van der Waals surface area contributed by atoms with Crippen molar-refractivity contribution in [2.45, 2.75) is 0 Å². The lowest BCUT2D eigenvalue weighted by molar-refractivity contribution is 0.0265. The summed E-state index contributed by atoms with van der Waals surface area (Å²) in [6.45, 7) is 3.35. The van der Waals surface area contributed by atoms with Crippen molar-refractivity contribution < 1.29 is 14.2 Å². The molecule has 0 bridgehead atoms. The Bertz CT molecular complexity index is 378. The third-order valence-corrected chi connectivity index (χ3v) is 2.62. The van der Waals surface area contributed by atoms with Crippen LogP contribution in [0.1, 0.15) is 0 Å². The monoisotopic (exact) mass is 324 g/mol. The van der Waals surface area contributed by atoms with Crippen molar-refractivity contribution in [3.05, 3.63) is 10.6 Å². The molecule has 0 atom stereocenters. The van der Waals surface area contributed by atoms with E-state index in [0.717, 1.165) is 0 Å². The maximum Gasteiger partial charge on any atom is 0.230 e. The van der Waals surface area contributed by atoms with Gasteiger partial charge in [0.1, 0.15) is 0 Å². The molecular weight excluding hydrogens is 307 g/mol. The van der Waals surface area contributed by atoms with E-state index in [9.17, 15) is 0 Å². The van der Waals surface area contributed by atoms with E-state index >= 15 is 0 Å². The third-order valence-electron chi connectivity index (χ3n) is 2.29. The standard InChI is InChI=1S/C11H18Cl2N4O3/c1-17(11-15-9(12)14-10(13)16-11)3-4-19-7-8-20-6-5-18-2/h3-8H2,1-2H3. The number of ether oxygens (including phenoxy) is 3. The van der Waals surface area contributed by atoms with Gasteiger partial charge in [0.05, 0.1) is 33.0 Å². The molecule has 0 amide bonds. The number of hydrogen-bond donors (Lipinski definition) is 0. The molecular formula is C11H18Cl2N4O3. The minimum atomic E-state index is 0.0688. The Morgan fingerprint density at radius 3 is 2.05 bits per heavy atom. The van der Waals surface area contributed by atoms with Crippen molar-refractivity contribution in [3.63, 3.8) is 0 Å². The lowest BCUT2D eigenvalue weighted by Crippen LogP contribution is -2.25. The minimum Gasteiger partial charge on any atom is -0.382 e. The second-order valence-electron chi connectivity index (χ2n) is 3.81. The Morgan fingerprint density at radius 1 is 0.900 bits per heavy atom. The van der Waals surface area contributed by atoms with E-state index in [2.05, 4.69) is 15.0 Å². The predicted molar refractivity (Wildman–Crippen MR) is 76.6 cm³/mol. The van der Waals surface area contributed by atoms with Gasteiger partial charge in [-0.15, -0.1) is 0 Å². The van der Waals surface area contributed by atoms with Gasteiger partial charge in [0.15, 0.2) is 0 Å². The second-order valence-corrected chi connectivity index (χ2v) is 4.49. The van der Waals surface area contributed by atoms with Crippen LogP contribution in [0.5, 0.6) is 0 Å². The molecule has 0 aliphatic heterocycles. The van der Waals surface area contributed by atoms with Crippen LogP contribution in [0.25, 0.3) is 0 Å². The topological polar surface area (TPSA) is 69.6 Å². The Labute approximate surface area is 128 Å². The van der Waals surface area contributed by atoms with Crippen molar-refractivity contribution in [1.29, 1.82) is 0 Å². The highest BCUT2D eigenvalue weighted by atomic mass is 35.5. The Balaban J connectivity index is 2.15. The number of hydrogen-bond acceptors (Lipinski definition) is 7. The summed E-state index contributed by atoms with van der Waals surface area (Å²) in [4.78, 5) is 13.4. The lowest BCUT2D eigenvalue weighted by Gasteiger charge is -2.16. The summed E-state index contributed by atoms with van der Waals surface area (Å²) in [6.07, 6.45) is 0. The number of halogens is 2. The fourth-order valence-corrected chi connectivity index (χ4v) is 1.61. The van der Waals surface area contributed by atoms with Gasteiger partial charge in [0.2, 0.25) is 16.5 Å². The summed E-state index contributed by atoms with van der Waals surface area (Å²) < 4.78 is 15.5. The first-order chi connectivity index (χ1) is 9.63. The van der Waals surface area contributed by atoms with Gasteiger partial charge in [-0.05, 0) is 23.2 Å². The normalized spacial score (nSPS) is 10.8. The molecule has 9 heteroatoms. The highest BCUT2D eigenvalue weighted by Gasteiger charge is 2.07. The molecule has 0 aliphatic carbocycles. The van der Waals surface area contributed by atoms with Gasteiger partial charge < -0.3 is 19.1 Å². The van der Waals surface area contributed by atoms with Gasteiger partial charge in [-0.25, -0.2) is 0 Å². The van der Waals surface area contributed by atoms with Crippen molar-refractivity contribution in [2.75, 3.05) is 58.6 Å². The molecule has 20 heavy (non-hydrogen) atoms. The highest BCUT2D eigenvalue weighted by Crippen LogP contribution is 2.12. The van der Waals surface area contributed by atoms with Crippen molar-refractivity contribution in [3.8, 4) is 0 Å². The predicted octanol–water partition coefficient (Wildman–Crippen LogP) is 1.29. The summed E-state index contributed by atoms with van der Waals surface area (Å²) in [6, 6.07) is 0. The van der Waals surface area contributed by atoms with Crippen molar-refractivity contribution in [2.24, 2.45) is 0 Å². The molecule has 1 heterocycles. The van der Waals surface area contributed by atoms with Crippen LogP contribution in [0.3, 0.4) is 0 Å². The first-order valence-electron chi connectivity index (χ1n) is 6.06. The molecule has 0 aliphatic rings. The maximum absolute atomic E-state index is 5.71. The van der Waals surface area contributed by atoms with Gasteiger partial charge in [0, 0.05) is 20.7 Å². The summed E-state index contributed by atoms with van der Waals surface area (Å²) in [5, 5.41) is 0.138. The molecule has 1 aromatic heterocycles. The van der Waals surface area contributed by atoms with Crippen molar-refractivity contribution >= 4 is 29.2 Å². The second kappa shape index (κ2) is 10.1. The molecule has 1 rings (SSSR count). The fourth-order valence-electron chi connectivity index (χ4n) is 1.25.